The van der Waals surface area contributed by atoms with Gasteiger partial charge in [0, 0.05) is 13.6 Å². The van der Waals surface area contributed by atoms with E-state index in [0.29, 0.717) is 25.8 Å². The molecule has 4 amide bonds. The van der Waals surface area contributed by atoms with Gasteiger partial charge in [-0.15, -0.1) is 0 Å². The largest absolute Gasteiger partial charge is 0.446 e. The number of ether oxygens (including phenoxy) is 1. The molecule has 2 heterocycles. The van der Waals surface area contributed by atoms with E-state index in [-0.39, 0.29) is 24.4 Å². The minimum atomic E-state index is -0.869. The van der Waals surface area contributed by atoms with Crippen LogP contribution in [0.5, 0.6) is 0 Å². The van der Waals surface area contributed by atoms with Crippen LogP contribution in [0.4, 0.5) is 4.79 Å². The predicted molar refractivity (Wildman–Crippen MR) is 138 cm³/mol. The number of alkyl carbamates (subject to hydrolysis) is 1. The molecule has 12 nitrogen and oxygen atoms in total. The first kappa shape index (κ1) is 28.4. The third-order valence-electron chi connectivity index (χ3n) is 7.14. The number of allylic oxidation sites excluding steroid dienone is 1. The van der Waals surface area contributed by atoms with E-state index in [2.05, 4.69) is 26.4 Å². The van der Waals surface area contributed by atoms with Crippen LogP contribution in [0, 0.1) is 0 Å². The van der Waals surface area contributed by atoms with Crippen molar-refractivity contribution < 1.29 is 23.9 Å². The molecule has 37 heavy (non-hydrogen) atoms. The highest BCUT2D eigenvalue weighted by atomic mass is 16.6. The van der Waals surface area contributed by atoms with Crippen molar-refractivity contribution in [1.82, 2.24) is 26.3 Å². The standard InChI is InChI=1S/C25H41N7O5/c1-27-24(31-26)30-21(33)18-13-6-4-2-3-5-7-14-19(29-25(36)37-17-11-8-9-12-17)23(35)32-16-10-15-20(32)22(34)28-18/h4,6,17-20H,2-3,5,7-16,26H2,1H3,(H,28,34)(H,29,36)(H2,27,30,31,33)/b6-4-/t18?,19-,20-/m0/s1. The fourth-order valence-electron chi connectivity index (χ4n) is 5.09. The maximum atomic E-state index is 13.6. The second-order valence-electron chi connectivity index (χ2n) is 9.81. The normalized spacial score (nSPS) is 27.4. The molecule has 1 saturated carbocycles. The van der Waals surface area contributed by atoms with Gasteiger partial charge in [0.05, 0.1) is 0 Å². The van der Waals surface area contributed by atoms with E-state index in [1.165, 1.54) is 11.9 Å². The quantitative estimate of drug-likeness (QED) is 0.122. The SMILES string of the molecule is CN=C(NN)NC(=O)C1C/C=C\CCCCC[C@H](NC(=O)OC2CCCC2)C(=O)N2CCC[C@H]2C(=O)N1. The van der Waals surface area contributed by atoms with E-state index < -0.39 is 36.0 Å². The van der Waals surface area contributed by atoms with Crippen molar-refractivity contribution in [3.8, 4) is 0 Å². The highest BCUT2D eigenvalue weighted by molar-refractivity contribution is 6.01. The molecular weight excluding hydrogens is 478 g/mol. The van der Waals surface area contributed by atoms with Crippen molar-refractivity contribution in [2.75, 3.05) is 13.6 Å². The van der Waals surface area contributed by atoms with Gasteiger partial charge in [-0.1, -0.05) is 25.0 Å². The summed E-state index contributed by atoms with van der Waals surface area (Å²) < 4.78 is 5.53. The summed E-state index contributed by atoms with van der Waals surface area (Å²) in [6, 6.07) is -2.35. The number of hydrazine groups is 1. The second-order valence-corrected chi connectivity index (χ2v) is 9.81. The fourth-order valence-corrected chi connectivity index (χ4v) is 5.09. The number of nitrogens with one attached hydrogen (secondary N) is 4. The number of hydrogen-bond acceptors (Lipinski definition) is 7. The average molecular weight is 520 g/mol. The van der Waals surface area contributed by atoms with Crippen molar-refractivity contribution >= 4 is 29.8 Å². The van der Waals surface area contributed by atoms with Crippen LogP contribution in [-0.4, -0.2) is 72.5 Å². The maximum Gasteiger partial charge on any atom is 0.408 e. The van der Waals surface area contributed by atoms with E-state index in [1.54, 1.807) is 0 Å². The van der Waals surface area contributed by atoms with E-state index in [4.69, 9.17) is 10.6 Å². The van der Waals surface area contributed by atoms with Crippen molar-refractivity contribution in [2.24, 2.45) is 10.8 Å². The number of amides is 4. The Bertz CT molecular complexity index is 871. The molecule has 1 unspecified atom stereocenters. The van der Waals surface area contributed by atoms with Gasteiger partial charge in [0.25, 0.3) is 0 Å². The zero-order valence-electron chi connectivity index (χ0n) is 21.7. The van der Waals surface area contributed by atoms with Crippen molar-refractivity contribution in [2.45, 2.75) is 101 Å². The summed E-state index contributed by atoms with van der Waals surface area (Å²) in [7, 11) is 1.47. The molecule has 12 heteroatoms. The van der Waals surface area contributed by atoms with E-state index in [9.17, 15) is 19.2 Å². The van der Waals surface area contributed by atoms with Crippen LogP contribution in [0.1, 0.15) is 77.0 Å². The molecule has 0 spiro atoms. The minimum Gasteiger partial charge on any atom is -0.446 e. The van der Waals surface area contributed by atoms with Gasteiger partial charge in [0.2, 0.25) is 23.7 Å². The molecule has 0 radical (unpaired) electrons. The fraction of sp³-hybridized carbons (Fsp3) is 0.720. The van der Waals surface area contributed by atoms with Gasteiger partial charge in [0.1, 0.15) is 24.2 Å². The van der Waals surface area contributed by atoms with Crippen LogP contribution in [0.2, 0.25) is 0 Å². The first-order valence-corrected chi connectivity index (χ1v) is 13.4. The molecule has 6 N–H and O–H groups in total. The lowest BCUT2D eigenvalue weighted by Gasteiger charge is -2.30. The number of nitrogens with two attached hydrogens (primary N) is 1. The van der Waals surface area contributed by atoms with Crippen LogP contribution < -0.4 is 27.2 Å². The number of aliphatic imine (C=N–C) groups is 1. The topological polar surface area (TPSA) is 167 Å². The summed E-state index contributed by atoms with van der Waals surface area (Å²) in [5.41, 5.74) is 2.30. The zero-order valence-corrected chi connectivity index (χ0v) is 21.7. The number of rotatable bonds is 3. The minimum absolute atomic E-state index is 0.0789. The molecule has 0 aromatic rings. The van der Waals surface area contributed by atoms with Gasteiger partial charge in [-0.2, -0.15) is 0 Å². The lowest BCUT2D eigenvalue weighted by molar-refractivity contribution is -0.140. The van der Waals surface area contributed by atoms with Crippen LogP contribution in [-0.2, 0) is 19.1 Å². The molecule has 3 aliphatic rings. The summed E-state index contributed by atoms with van der Waals surface area (Å²) in [6.07, 6.45) is 12.2. The Hall–Kier alpha value is -3.15. The van der Waals surface area contributed by atoms with E-state index >= 15 is 0 Å². The van der Waals surface area contributed by atoms with Crippen molar-refractivity contribution in [3.63, 3.8) is 0 Å². The molecule has 3 rings (SSSR count). The Morgan fingerprint density at radius 2 is 1.81 bits per heavy atom. The molecule has 1 aliphatic carbocycles. The second kappa shape index (κ2) is 14.6. The Morgan fingerprint density at radius 1 is 1.05 bits per heavy atom. The van der Waals surface area contributed by atoms with Gasteiger partial charge in [0.15, 0.2) is 0 Å². The predicted octanol–water partition coefficient (Wildman–Crippen LogP) is 0.975. The number of fused-ring (bicyclic) bond motifs is 1. The Labute approximate surface area is 218 Å². The lowest BCUT2D eigenvalue weighted by atomic mass is 10.1. The first-order chi connectivity index (χ1) is 17.9. The summed E-state index contributed by atoms with van der Waals surface area (Å²) in [6.45, 7) is 0.410. The molecule has 0 aromatic heterocycles. The molecule has 0 bridgehead atoms. The molecule has 2 aliphatic heterocycles. The molecule has 206 valence electrons. The van der Waals surface area contributed by atoms with Crippen LogP contribution in [0.3, 0.4) is 0 Å². The number of nitrogens with zero attached hydrogens (tertiary/aromatic N) is 2. The summed E-state index contributed by atoms with van der Waals surface area (Å²) in [5.74, 6) is 4.29. The summed E-state index contributed by atoms with van der Waals surface area (Å²) in [4.78, 5) is 57.7. The van der Waals surface area contributed by atoms with Gasteiger partial charge in [-0.3, -0.25) is 30.1 Å². The number of guanidine groups is 1. The Kier molecular flexibility index (Phi) is 11.2. The third kappa shape index (κ3) is 8.44. The lowest BCUT2D eigenvalue weighted by Crippen LogP contribution is -2.57. The highest BCUT2D eigenvalue weighted by Gasteiger charge is 2.39. The van der Waals surface area contributed by atoms with E-state index in [0.717, 1.165) is 51.4 Å². The van der Waals surface area contributed by atoms with Gasteiger partial charge >= 0.3 is 6.09 Å². The van der Waals surface area contributed by atoms with Crippen molar-refractivity contribution in [1.29, 1.82) is 0 Å². The van der Waals surface area contributed by atoms with Crippen molar-refractivity contribution in [3.05, 3.63) is 12.2 Å². The highest BCUT2D eigenvalue weighted by Crippen LogP contribution is 2.23. The van der Waals surface area contributed by atoms with Crippen LogP contribution in [0.25, 0.3) is 0 Å². The summed E-state index contributed by atoms with van der Waals surface area (Å²) >= 11 is 0. The molecule has 0 aromatic carbocycles. The molecule has 2 fully saturated rings. The maximum absolute atomic E-state index is 13.6. The van der Waals surface area contributed by atoms with E-state index in [1.807, 2.05) is 12.2 Å². The molecular formula is C25H41N7O5. The first-order valence-electron chi connectivity index (χ1n) is 13.4. The average Bonchev–Trinajstić information content (AvgIpc) is 3.58. The van der Waals surface area contributed by atoms with Gasteiger partial charge < -0.3 is 20.3 Å². The van der Waals surface area contributed by atoms with Gasteiger partial charge in [-0.25, -0.2) is 10.6 Å². The van der Waals surface area contributed by atoms with Crippen LogP contribution >= 0.6 is 0 Å². The van der Waals surface area contributed by atoms with Gasteiger partial charge in [-0.05, 0) is 64.2 Å². The number of hydrogen-bond donors (Lipinski definition) is 5. The Morgan fingerprint density at radius 3 is 2.54 bits per heavy atom. The number of carbonyl (C=O) groups excluding carboxylic acids is 4. The zero-order chi connectivity index (χ0) is 26.6. The molecule has 1 saturated heterocycles. The monoisotopic (exact) mass is 519 g/mol. The Balaban J connectivity index is 1.74. The van der Waals surface area contributed by atoms with Crippen LogP contribution in [0.15, 0.2) is 17.1 Å². The smallest absolute Gasteiger partial charge is 0.408 e. The molecule has 3 atom stereocenters. The summed E-state index contributed by atoms with van der Waals surface area (Å²) in [5, 5.41) is 8.15. The number of carbonyl (C=O) groups is 4. The third-order valence-corrected chi connectivity index (χ3v) is 7.14.